The number of anilines is 1. The molecule has 0 saturated carbocycles. The van der Waals surface area contributed by atoms with Crippen LogP contribution in [0.1, 0.15) is 25.3 Å². The van der Waals surface area contributed by atoms with Gasteiger partial charge in [0.1, 0.15) is 0 Å². The fraction of sp³-hybridized carbons (Fsp3) is 0.529. The molecule has 1 aliphatic rings. The molecule has 1 saturated heterocycles. The predicted molar refractivity (Wildman–Crippen MR) is 86.0 cm³/mol. The Kier molecular flexibility index (Phi) is 6.05. The van der Waals surface area contributed by atoms with Crippen molar-refractivity contribution < 1.29 is 27.5 Å². The number of rotatable bonds is 6. The third kappa shape index (κ3) is 4.94. The number of halogens is 3. The van der Waals surface area contributed by atoms with E-state index in [1.54, 1.807) is 7.11 Å². The minimum absolute atomic E-state index is 0.0148. The summed E-state index contributed by atoms with van der Waals surface area (Å²) in [4.78, 5) is 25.6. The standard InChI is InChI=1S/C17H21F3N2O3/c1-11(6-7-25-2)21-16(24)12-8-15(23)22(10-12)14-5-3-4-13(9-14)17(18,19)20/h3-5,9,11-12H,6-8,10H2,1-2H3,(H,21,24). The molecule has 1 heterocycles. The van der Waals surface area contributed by atoms with E-state index < -0.39 is 17.7 Å². The summed E-state index contributed by atoms with van der Waals surface area (Å²) in [6.07, 6.45) is -3.86. The molecule has 0 spiro atoms. The highest BCUT2D eigenvalue weighted by Gasteiger charge is 2.37. The lowest BCUT2D eigenvalue weighted by molar-refractivity contribution is -0.137. The Morgan fingerprint density at radius 3 is 2.80 bits per heavy atom. The number of nitrogens with zero attached hydrogens (tertiary/aromatic N) is 1. The van der Waals surface area contributed by atoms with Gasteiger partial charge in [0.15, 0.2) is 0 Å². The molecular weight excluding hydrogens is 337 g/mol. The molecule has 1 aliphatic heterocycles. The van der Waals surface area contributed by atoms with E-state index in [-0.39, 0.29) is 36.5 Å². The van der Waals surface area contributed by atoms with Gasteiger partial charge in [-0.05, 0) is 31.5 Å². The van der Waals surface area contributed by atoms with E-state index in [0.717, 1.165) is 12.1 Å². The maximum atomic E-state index is 12.8. The molecule has 2 unspecified atom stereocenters. The Morgan fingerprint density at radius 1 is 1.44 bits per heavy atom. The van der Waals surface area contributed by atoms with Crippen LogP contribution in [0.25, 0.3) is 0 Å². The first-order chi connectivity index (χ1) is 11.7. The van der Waals surface area contributed by atoms with Gasteiger partial charge in [-0.25, -0.2) is 0 Å². The highest BCUT2D eigenvalue weighted by molar-refractivity contribution is 6.00. The first-order valence-corrected chi connectivity index (χ1v) is 7.99. The minimum Gasteiger partial charge on any atom is -0.385 e. The van der Waals surface area contributed by atoms with E-state index in [1.165, 1.54) is 17.0 Å². The Labute approximate surface area is 144 Å². The van der Waals surface area contributed by atoms with Crippen molar-refractivity contribution in [2.45, 2.75) is 32.0 Å². The van der Waals surface area contributed by atoms with Crippen molar-refractivity contribution in [1.82, 2.24) is 5.32 Å². The number of hydrogen-bond acceptors (Lipinski definition) is 3. The fourth-order valence-electron chi connectivity index (χ4n) is 2.71. The van der Waals surface area contributed by atoms with Crippen LogP contribution in [0, 0.1) is 5.92 Å². The van der Waals surface area contributed by atoms with Crippen molar-refractivity contribution in [2.75, 3.05) is 25.2 Å². The van der Waals surface area contributed by atoms with Gasteiger partial charge in [0.25, 0.3) is 0 Å². The number of benzene rings is 1. The maximum Gasteiger partial charge on any atom is 0.416 e. The molecule has 8 heteroatoms. The smallest absolute Gasteiger partial charge is 0.385 e. The number of ether oxygens (including phenoxy) is 1. The van der Waals surface area contributed by atoms with Crippen LogP contribution < -0.4 is 10.2 Å². The molecule has 2 rings (SSSR count). The SMILES string of the molecule is COCCC(C)NC(=O)C1CC(=O)N(c2cccc(C(F)(F)F)c2)C1. The van der Waals surface area contributed by atoms with Gasteiger partial charge in [0.2, 0.25) is 11.8 Å². The van der Waals surface area contributed by atoms with Crippen LogP contribution in [0.2, 0.25) is 0 Å². The topological polar surface area (TPSA) is 58.6 Å². The van der Waals surface area contributed by atoms with E-state index in [1.807, 2.05) is 6.92 Å². The predicted octanol–water partition coefficient (Wildman–Crippen LogP) is 2.60. The number of carbonyl (C=O) groups excluding carboxylic acids is 2. The zero-order chi connectivity index (χ0) is 18.6. The lowest BCUT2D eigenvalue weighted by Gasteiger charge is -2.19. The average molecular weight is 358 g/mol. The molecule has 1 aromatic carbocycles. The largest absolute Gasteiger partial charge is 0.416 e. The number of alkyl halides is 3. The first kappa shape index (κ1) is 19.2. The van der Waals surface area contributed by atoms with Crippen molar-refractivity contribution in [3.05, 3.63) is 29.8 Å². The zero-order valence-electron chi connectivity index (χ0n) is 14.1. The monoisotopic (exact) mass is 358 g/mol. The third-order valence-corrected chi connectivity index (χ3v) is 4.12. The van der Waals surface area contributed by atoms with Gasteiger partial charge in [0.05, 0.1) is 11.5 Å². The van der Waals surface area contributed by atoms with E-state index in [2.05, 4.69) is 5.32 Å². The maximum absolute atomic E-state index is 12.8. The van der Waals surface area contributed by atoms with Crippen LogP contribution in [0.3, 0.4) is 0 Å². The number of carbonyl (C=O) groups is 2. The Bertz CT molecular complexity index is 634. The number of amides is 2. The first-order valence-electron chi connectivity index (χ1n) is 7.99. The molecule has 0 aromatic heterocycles. The van der Waals surface area contributed by atoms with Crippen molar-refractivity contribution in [3.63, 3.8) is 0 Å². The molecule has 2 atom stereocenters. The van der Waals surface area contributed by atoms with Crippen LogP contribution in [0.5, 0.6) is 0 Å². The molecular formula is C17H21F3N2O3. The quantitative estimate of drug-likeness (QED) is 0.850. The van der Waals surface area contributed by atoms with E-state index in [0.29, 0.717) is 13.0 Å². The van der Waals surface area contributed by atoms with Crippen LogP contribution >= 0.6 is 0 Å². The van der Waals surface area contributed by atoms with E-state index in [4.69, 9.17) is 4.74 Å². The second kappa shape index (κ2) is 7.86. The molecule has 138 valence electrons. The average Bonchev–Trinajstić information content (AvgIpc) is 2.94. The second-order valence-electron chi connectivity index (χ2n) is 6.14. The Hall–Kier alpha value is -2.09. The van der Waals surface area contributed by atoms with E-state index >= 15 is 0 Å². The van der Waals surface area contributed by atoms with Gasteiger partial charge in [-0.3, -0.25) is 9.59 Å². The van der Waals surface area contributed by atoms with Gasteiger partial charge in [-0.15, -0.1) is 0 Å². The lowest BCUT2D eigenvalue weighted by atomic mass is 10.1. The van der Waals surface area contributed by atoms with Gasteiger partial charge in [0, 0.05) is 38.4 Å². The fourth-order valence-corrected chi connectivity index (χ4v) is 2.71. The highest BCUT2D eigenvalue weighted by Crippen LogP contribution is 2.33. The van der Waals surface area contributed by atoms with Crippen molar-refractivity contribution in [3.8, 4) is 0 Å². The van der Waals surface area contributed by atoms with Crippen LogP contribution in [0.4, 0.5) is 18.9 Å². The zero-order valence-corrected chi connectivity index (χ0v) is 14.1. The summed E-state index contributed by atoms with van der Waals surface area (Å²) >= 11 is 0. The van der Waals surface area contributed by atoms with Crippen LogP contribution in [-0.4, -0.2) is 38.1 Å². The molecule has 1 N–H and O–H groups in total. The summed E-state index contributed by atoms with van der Waals surface area (Å²) < 4.78 is 43.4. The summed E-state index contributed by atoms with van der Waals surface area (Å²) in [5, 5.41) is 2.81. The molecule has 2 amide bonds. The summed E-state index contributed by atoms with van der Waals surface area (Å²) in [5.74, 6) is -1.21. The molecule has 1 aromatic rings. The van der Waals surface area contributed by atoms with Gasteiger partial charge >= 0.3 is 6.18 Å². The summed E-state index contributed by atoms with van der Waals surface area (Å²) in [6.45, 7) is 2.41. The Balaban J connectivity index is 2.04. The minimum atomic E-state index is -4.48. The van der Waals surface area contributed by atoms with Crippen molar-refractivity contribution >= 4 is 17.5 Å². The summed E-state index contributed by atoms with van der Waals surface area (Å²) in [7, 11) is 1.57. The molecule has 25 heavy (non-hydrogen) atoms. The van der Waals surface area contributed by atoms with Crippen molar-refractivity contribution in [1.29, 1.82) is 0 Å². The second-order valence-corrected chi connectivity index (χ2v) is 6.14. The summed E-state index contributed by atoms with van der Waals surface area (Å²) in [6, 6.07) is 4.47. The highest BCUT2D eigenvalue weighted by atomic mass is 19.4. The Morgan fingerprint density at radius 2 is 2.16 bits per heavy atom. The molecule has 5 nitrogen and oxygen atoms in total. The van der Waals surface area contributed by atoms with Gasteiger partial charge < -0.3 is 15.0 Å². The third-order valence-electron chi connectivity index (χ3n) is 4.12. The summed E-state index contributed by atoms with van der Waals surface area (Å²) in [5.41, 5.74) is -0.665. The van der Waals surface area contributed by atoms with Gasteiger partial charge in [-0.1, -0.05) is 6.07 Å². The molecule has 0 aliphatic carbocycles. The molecule has 0 bridgehead atoms. The number of hydrogen-bond donors (Lipinski definition) is 1. The van der Waals surface area contributed by atoms with Crippen LogP contribution in [0.15, 0.2) is 24.3 Å². The molecule has 0 radical (unpaired) electrons. The molecule has 1 fully saturated rings. The number of nitrogens with one attached hydrogen (secondary N) is 1. The normalized spacial score (nSPS) is 19.2. The van der Waals surface area contributed by atoms with Crippen molar-refractivity contribution in [2.24, 2.45) is 5.92 Å². The number of methoxy groups -OCH3 is 1. The lowest BCUT2D eigenvalue weighted by Crippen LogP contribution is -2.38. The van der Waals surface area contributed by atoms with Gasteiger partial charge in [-0.2, -0.15) is 13.2 Å². The van der Waals surface area contributed by atoms with E-state index in [9.17, 15) is 22.8 Å². The van der Waals surface area contributed by atoms with Crippen LogP contribution in [-0.2, 0) is 20.5 Å².